The van der Waals surface area contributed by atoms with E-state index in [1.807, 2.05) is 45.9 Å². The Kier molecular flexibility index (Phi) is 6.60. The third kappa shape index (κ3) is 5.48. The van der Waals surface area contributed by atoms with Crippen molar-refractivity contribution in [2.24, 2.45) is 0 Å². The number of hydrogen-bond acceptors (Lipinski definition) is 4. The Balaban J connectivity index is 1.65. The van der Waals surface area contributed by atoms with Gasteiger partial charge in [-0.25, -0.2) is 12.8 Å². The summed E-state index contributed by atoms with van der Waals surface area (Å²) in [6.45, 7) is 7.25. The van der Waals surface area contributed by atoms with Crippen molar-refractivity contribution in [1.82, 2.24) is 5.32 Å². The number of anilines is 1. The first kappa shape index (κ1) is 24.7. The van der Waals surface area contributed by atoms with Crippen LogP contribution in [0.1, 0.15) is 43.0 Å². The minimum atomic E-state index is -4.08. The summed E-state index contributed by atoms with van der Waals surface area (Å²) in [5.74, 6) is -0.276. The van der Waals surface area contributed by atoms with E-state index in [1.54, 1.807) is 12.1 Å². The second-order valence-corrected chi connectivity index (χ2v) is 11.4. The summed E-state index contributed by atoms with van der Waals surface area (Å²) < 4.78 is 47.7. The van der Waals surface area contributed by atoms with Crippen molar-refractivity contribution in [1.29, 1.82) is 0 Å². The van der Waals surface area contributed by atoms with Gasteiger partial charge < -0.3 is 10.1 Å². The van der Waals surface area contributed by atoms with Gasteiger partial charge in [-0.15, -0.1) is 0 Å². The Morgan fingerprint density at radius 1 is 1.03 bits per heavy atom. The summed E-state index contributed by atoms with van der Waals surface area (Å²) in [6, 6.07) is 16.9. The molecule has 1 aliphatic rings. The number of nitrogens with one attached hydrogen (secondary N) is 1. The zero-order valence-electron chi connectivity index (χ0n) is 20.2. The van der Waals surface area contributed by atoms with Crippen molar-refractivity contribution in [3.8, 4) is 5.75 Å². The van der Waals surface area contributed by atoms with Gasteiger partial charge in [0.05, 0.1) is 16.6 Å². The van der Waals surface area contributed by atoms with Crippen LogP contribution in [0.5, 0.6) is 5.75 Å². The van der Waals surface area contributed by atoms with E-state index in [0.29, 0.717) is 12.2 Å². The highest BCUT2D eigenvalue weighted by Crippen LogP contribution is 2.40. The summed E-state index contributed by atoms with van der Waals surface area (Å²) in [5.41, 5.74) is 2.48. The molecule has 6 nitrogen and oxygen atoms in total. The van der Waals surface area contributed by atoms with E-state index in [-0.39, 0.29) is 16.6 Å². The predicted octanol–water partition coefficient (Wildman–Crippen LogP) is 5.06. The molecule has 184 valence electrons. The summed E-state index contributed by atoms with van der Waals surface area (Å²) in [5, 5.41) is 3.00. The molecule has 0 fully saturated rings. The normalized spacial score (nSPS) is 16.7. The zero-order chi connectivity index (χ0) is 25.4. The Morgan fingerprint density at radius 2 is 1.66 bits per heavy atom. The van der Waals surface area contributed by atoms with Crippen LogP contribution >= 0.6 is 0 Å². The monoisotopic (exact) mass is 496 g/mol. The van der Waals surface area contributed by atoms with Crippen molar-refractivity contribution < 1.29 is 22.3 Å². The molecule has 0 bridgehead atoms. The predicted molar refractivity (Wildman–Crippen MR) is 133 cm³/mol. The van der Waals surface area contributed by atoms with E-state index < -0.39 is 33.9 Å². The smallest absolute Gasteiger partial charge is 0.264 e. The fourth-order valence-electron chi connectivity index (χ4n) is 4.23. The van der Waals surface area contributed by atoms with Gasteiger partial charge in [-0.2, -0.15) is 0 Å². The van der Waals surface area contributed by atoms with Crippen molar-refractivity contribution in [3.63, 3.8) is 0 Å². The maximum absolute atomic E-state index is 13.6. The number of halogens is 1. The van der Waals surface area contributed by atoms with Crippen molar-refractivity contribution in [3.05, 3.63) is 89.2 Å². The van der Waals surface area contributed by atoms with Gasteiger partial charge in [0.25, 0.3) is 10.0 Å². The van der Waals surface area contributed by atoms with Gasteiger partial charge in [-0.3, -0.25) is 9.10 Å². The van der Waals surface area contributed by atoms with Crippen LogP contribution in [-0.2, 0) is 14.8 Å². The molecule has 0 aromatic heterocycles. The summed E-state index contributed by atoms with van der Waals surface area (Å²) in [7, 11) is -4.08. The van der Waals surface area contributed by atoms with Crippen LogP contribution in [0.15, 0.2) is 71.6 Å². The van der Waals surface area contributed by atoms with Gasteiger partial charge in [0, 0.05) is 12.0 Å². The molecule has 1 heterocycles. The number of rotatable bonds is 6. The maximum Gasteiger partial charge on any atom is 0.264 e. The zero-order valence-corrected chi connectivity index (χ0v) is 21.0. The minimum absolute atomic E-state index is 0.0494. The second kappa shape index (κ2) is 9.34. The molecule has 3 aromatic rings. The Bertz CT molecular complexity index is 1340. The quantitative estimate of drug-likeness (QED) is 0.518. The molecule has 3 aromatic carbocycles. The van der Waals surface area contributed by atoms with Crippen LogP contribution in [-0.4, -0.2) is 26.5 Å². The fraction of sp³-hybridized carbons (Fsp3) is 0.296. The van der Waals surface area contributed by atoms with Crippen LogP contribution in [0.4, 0.5) is 10.1 Å². The highest BCUT2D eigenvalue weighted by Gasteiger charge is 2.35. The molecule has 8 heteroatoms. The van der Waals surface area contributed by atoms with E-state index in [0.717, 1.165) is 21.0 Å². The number of benzene rings is 3. The molecular weight excluding hydrogens is 467 g/mol. The molecular formula is C27H29FN2O4S. The second-order valence-electron chi connectivity index (χ2n) is 9.53. The van der Waals surface area contributed by atoms with Gasteiger partial charge in [-0.05, 0) is 70.2 Å². The average molecular weight is 497 g/mol. The largest absolute Gasteiger partial charge is 0.487 e. The fourth-order valence-corrected chi connectivity index (χ4v) is 5.65. The van der Waals surface area contributed by atoms with Crippen molar-refractivity contribution in [2.45, 2.75) is 50.7 Å². The lowest BCUT2D eigenvalue weighted by atomic mass is 9.89. The van der Waals surface area contributed by atoms with Gasteiger partial charge in [-0.1, -0.05) is 35.4 Å². The molecule has 35 heavy (non-hydrogen) atoms. The standard InChI is InChI=1S/C27H29FN2O4S/c1-18-5-12-22(13-6-18)35(32,33)30(21-10-8-20(28)9-11-21)17-26(31)29-24-16-27(3,4)34-25-14-7-19(2)15-23(24)25/h5-15,24H,16-17H2,1-4H3,(H,29,31). The lowest BCUT2D eigenvalue weighted by molar-refractivity contribution is -0.120. The number of sulfonamides is 1. The molecule has 1 N–H and O–H groups in total. The summed E-state index contributed by atoms with van der Waals surface area (Å²) >= 11 is 0. The molecule has 0 radical (unpaired) electrons. The van der Waals surface area contributed by atoms with Crippen LogP contribution < -0.4 is 14.4 Å². The number of aryl methyl sites for hydroxylation is 2. The van der Waals surface area contributed by atoms with Crippen LogP contribution in [0, 0.1) is 19.7 Å². The van der Waals surface area contributed by atoms with Crippen molar-refractivity contribution >= 4 is 21.6 Å². The number of nitrogens with zero attached hydrogens (tertiary/aromatic N) is 1. The summed E-state index contributed by atoms with van der Waals surface area (Å²) in [4.78, 5) is 13.3. The first-order valence-corrected chi connectivity index (χ1v) is 12.8. The molecule has 0 aliphatic carbocycles. The van der Waals surface area contributed by atoms with Crippen LogP contribution in [0.3, 0.4) is 0 Å². The number of amides is 1. The lowest BCUT2D eigenvalue weighted by Gasteiger charge is -2.38. The number of fused-ring (bicyclic) bond motifs is 1. The minimum Gasteiger partial charge on any atom is -0.487 e. The SMILES string of the molecule is Cc1ccc(S(=O)(=O)N(CC(=O)NC2CC(C)(C)Oc3ccc(C)cc32)c2ccc(F)cc2)cc1. The van der Waals surface area contributed by atoms with E-state index in [1.165, 1.54) is 36.4 Å². The number of carbonyl (C=O) groups is 1. The lowest BCUT2D eigenvalue weighted by Crippen LogP contribution is -2.45. The molecule has 1 unspecified atom stereocenters. The summed E-state index contributed by atoms with van der Waals surface area (Å²) in [6.07, 6.45) is 0.524. The van der Waals surface area contributed by atoms with Crippen molar-refractivity contribution in [2.75, 3.05) is 10.8 Å². The van der Waals surface area contributed by atoms with E-state index in [2.05, 4.69) is 5.32 Å². The molecule has 1 atom stereocenters. The molecule has 1 amide bonds. The molecule has 0 saturated heterocycles. The highest BCUT2D eigenvalue weighted by atomic mass is 32.2. The van der Waals surface area contributed by atoms with Gasteiger partial charge in [0.2, 0.25) is 5.91 Å². The molecule has 1 aliphatic heterocycles. The topological polar surface area (TPSA) is 75.7 Å². The average Bonchev–Trinajstić information content (AvgIpc) is 2.78. The maximum atomic E-state index is 13.6. The molecule has 0 saturated carbocycles. The van der Waals surface area contributed by atoms with Crippen LogP contribution in [0.2, 0.25) is 0 Å². The number of carbonyl (C=O) groups excluding carboxylic acids is 1. The Morgan fingerprint density at radius 3 is 2.31 bits per heavy atom. The van der Waals surface area contributed by atoms with Gasteiger partial charge in [0.15, 0.2) is 0 Å². The van der Waals surface area contributed by atoms with Gasteiger partial charge in [0.1, 0.15) is 23.7 Å². The third-order valence-corrected chi connectivity index (χ3v) is 7.76. The van der Waals surface area contributed by atoms with E-state index in [9.17, 15) is 17.6 Å². The first-order chi connectivity index (χ1) is 16.4. The molecule has 4 rings (SSSR count). The number of hydrogen-bond donors (Lipinski definition) is 1. The van der Waals surface area contributed by atoms with Gasteiger partial charge >= 0.3 is 0 Å². The van der Waals surface area contributed by atoms with E-state index in [4.69, 9.17) is 4.74 Å². The highest BCUT2D eigenvalue weighted by molar-refractivity contribution is 7.92. The number of ether oxygens (including phenoxy) is 1. The Labute approximate surface area is 205 Å². The van der Waals surface area contributed by atoms with Crippen LogP contribution in [0.25, 0.3) is 0 Å². The third-order valence-electron chi connectivity index (χ3n) is 5.97. The first-order valence-electron chi connectivity index (χ1n) is 11.4. The van der Waals surface area contributed by atoms with E-state index >= 15 is 0 Å². The Hall–Kier alpha value is -3.39. The molecule has 0 spiro atoms.